The standard InChI is InChI=1S/C24H22FN5O2/c25-18-4-2-1-3-17(18)20-6-8-22-29(20)23(31)24(32-22)10-13-28(14-11-24)21-7-5-16(15-26)19-9-12-27-30(19)21/h1-5,7,9,12,20,22H,6,8,10-11,13-14H2/t20-,22+/m0/s1. The average molecular weight is 431 g/mol. The quantitative estimate of drug-likeness (QED) is 0.622. The van der Waals surface area contributed by atoms with Crippen molar-refractivity contribution < 1.29 is 13.9 Å². The van der Waals surface area contributed by atoms with Crippen LogP contribution in [0, 0.1) is 17.1 Å². The van der Waals surface area contributed by atoms with Gasteiger partial charge in [0.2, 0.25) is 0 Å². The number of nitrogens with zero attached hydrogens (tertiary/aromatic N) is 5. The molecular formula is C24H22FN5O2. The Balaban J connectivity index is 1.24. The summed E-state index contributed by atoms with van der Waals surface area (Å²) in [6, 6.07) is 14.2. The van der Waals surface area contributed by atoms with Gasteiger partial charge in [-0.2, -0.15) is 10.4 Å². The van der Waals surface area contributed by atoms with Gasteiger partial charge in [0, 0.05) is 31.5 Å². The average Bonchev–Trinajstić information content (AvgIpc) is 3.51. The minimum absolute atomic E-state index is 0.0167. The molecule has 1 spiro atoms. The highest BCUT2D eigenvalue weighted by Gasteiger charge is 2.58. The van der Waals surface area contributed by atoms with Crippen molar-refractivity contribution in [2.75, 3.05) is 18.0 Å². The van der Waals surface area contributed by atoms with Crippen LogP contribution in [-0.4, -0.2) is 45.3 Å². The van der Waals surface area contributed by atoms with Gasteiger partial charge >= 0.3 is 0 Å². The monoisotopic (exact) mass is 431 g/mol. The first-order valence-electron chi connectivity index (χ1n) is 11.0. The van der Waals surface area contributed by atoms with Crippen molar-refractivity contribution in [3.8, 4) is 6.07 Å². The highest BCUT2D eigenvalue weighted by Crippen LogP contribution is 2.48. The predicted molar refractivity (Wildman–Crippen MR) is 114 cm³/mol. The molecule has 0 bridgehead atoms. The van der Waals surface area contributed by atoms with Crippen LogP contribution in [0.2, 0.25) is 0 Å². The number of rotatable bonds is 2. The first-order valence-corrected chi connectivity index (χ1v) is 11.0. The summed E-state index contributed by atoms with van der Waals surface area (Å²) in [6.07, 6.45) is 3.96. The van der Waals surface area contributed by atoms with Crippen LogP contribution in [0.3, 0.4) is 0 Å². The summed E-state index contributed by atoms with van der Waals surface area (Å²) in [4.78, 5) is 17.5. The number of carbonyl (C=O) groups is 1. The van der Waals surface area contributed by atoms with Gasteiger partial charge in [-0.05, 0) is 37.1 Å². The Kier molecular flexibility index (Phi) is 4.24. The van der Waals surface area contributed by atoms with E-state index in [-0.39, 0.29) is 24.0 Å². The number of nitriles is 1. The second kappa shape index (κ2) is 7.04. The van der Waals surface area contributed by atoms with E-state index in [2.05, 4.69) is 16.1 Å². The molecule has 3 aliphatic rings. The lowest BCUT2D eigenvalue weighted by Crippen LogP contribution is -2.50. The van der Waals surface area contributed by atoms with E-state index in [0.29, 0.717) is 43.5 Å². The van der Waals surface area contributed by atoms with Crippen molar-refractivity contribution >= 4 is 17.2 Å². The Morgan fingerprint density at radius 1 is 1.12 bits per heavy atom. The van der Waals surface area contributed by atoms with Crippen molar-refractivity contribution in [1.82, 2.24) is 14.5 Å². The number of benzene rings is 1. The fraction of sp³-hybridized carbons (Fsp3) is 0.375. The second-order valence-electron chi connectivity index (χ2n) is 8.73. The lowest BCUT2D eigenvalue weighted by molar-refractivity contribution is -0.140. The number of piperidine rings is 1. The number of anilines is 1. The number of amides is 1. The lowest BCUT2D eigenvalue weighted by Gasteiger charge is -2.38. The third kappa shape index (κ3) is 2.67. The molecule has 1 aromatic carbocycles. The number of ether oxygens (including phenoxy) is 1. The van der Waals surface area contributed by atoms with Crippen molar-refractivity contribution in [2.45, 2.75) is 43.6 Å². The Morgan fingerprint density at radius 2 is 1.94 bits per heavy atom. The van der Waals surface area contributed by atoms with Gasteiger partial charge in [-0.3, -0.25) is 4.79 Å². The molecular weight excluding hydrogens is 409 g/mol. The van der Waals surface area contributed by atoms with E-state index < -0.39 is 5.60 Å². The number of fused-ring (bicyclic) bond motifs is 2. The fourth-order valence-electron chi connectivity index (χ4n) is 5.53. The Morgan fingerprint density at radius 3 is 2.72 bits per heavy atom. The maximum atomic E-state index is 14.4. The summed E-state index contributed by atoms with van der Waals surface area (Å²) in [6.45, 7) is 1.27. The topological polar surface area (TPSA) is 73.9 Å². The molecule has 0 N–H and O–H groups in total. The van der Waals surface area contributed by atoms with E-state index in [9.17, 15) is 14.4 Å². The molecule has 0 aliphatic carbocycles. The molecule has 0 radical (unpaired) electrons. The summed E-state index contributed by atoms with van der Waals surface area (Å²) in [5.74, 6) is 0.608. The summed E-state index contributed by atoms with van der Waals surface area (Å²) >= 11 is 0. The molecule has 2 atom stereocenters. The number of aromatic nitrogens is 2. The summed E-state index contributed by atoms with van der Waals surface area (Å²) in [5, 5.41) is 13.7. The molecule has 8 heteroatoms. The van der Waals surface area contributed by atoms with Crippen molar-refractivity contribution in [2.24, 2.45) is 0 Å². The van der Waals surface area contributed by atoms with E-state index in [1.807, 2.05) is 24.3 Å². The number of pyridine rings is 1. The first kappa shape index (κ1) is 19.3. The van der Waals surface area contributed by atoms with Crippen molar-refractivity contribution in [1.29, 1.82) is 5.26 Å². The van der Waals surface area contributed by atoms with E-state index in [0.717, 1.165) is 17.8 Å². The molecule has 32 heavy (non-hydrogen) atoms. The minimum atomic E-state index is -0.846. The van der Waals surface area contributed by atoms with E-state index in [1.54, 1.807) is 27.7 Å². The Labute approximate surface area is 184 Å². The molecule has 0 unspecified atom stereocenters. The fourth-order valence-corrected chi connectivity index (χ4v) is 5.53. The van der Waals surface area contributed by atoms with E-state index in [4.69, 9.17) is 4.74 Å². The van der Waals surface area contributed by atoms with Crippen LogP contribution >= 0.6 is 0 Å². The van der Waals surface area contributed by atoms with Crippen LogP contribution in [0.4, 0.5) is 10.2 Å². The molecule has 162 valence electrons. The molecule has 0 saturated carbocycles. The second-order valence-corrected chi connectivity index (χ2v) is 8.73. The van der Waals surface area contributed by atoms with Crippen molar-refractivity contribution in [3.05, 3.63) is 65.6 Å². The smallest absolute Gasteiger partial charge is 0.257 e. The van der Waals surface area contributed by atoms with Crippen LogP contribution < -0.4 is 4.90 Å². The lowest BCUT2D eigenvalue weighted by atomic mass is 9.89. The number of hydrogen-bond donors (Lipinski definition) is 0. The predicted octanol–water partition coefficient (Wildman–Crippen LogP) is 3.40. The maximum Gasteiger partial charge on any atom is 0.257 e. The highest BCUT2D eigenvalue weighted by atomic mass is 19.1. The molecule has 7 nitrogen and oxygen atoms in total. The number of halogens is 1. The Hall–Kier alpha value is -3.44. The van der Waals surface area contributed by atoms with Crippen LogP contribution in [0.15, 0.2) is 48.7 Å². The van der Waals surface area contributed by atoms with Crippen LogP contribution in [0.25, 0.3) is 5.52 Å². The van der Waals surface area contributed by atoms with Gasteiger partial charge in [0.25, 0.3) is 5.91 Å². The van der Waals surface area contributed by atoms with Gasteiger partial charge in [-0.25, -0.2) is 8.91 Å². The molecule has 5 heterocycles. The Bertz CT molecular complexity index is 1260. The summed E-state index contributed by atoms with van der Waals surface area (Å²) in [5.41, 5.74) is 1.07. The van der Waals surface area contributed by atoms with Crippen LogP contribution in [0.5, 0.6) is 0 Å². The van der Waals surface area contributed by atoms with Gasteiger partial charge in [-0.1, -0.05) is 18.2 Å². The number of hydrogen-bond acceptors (Lipinski definition) is 5. The van der Waals surface area contributed by atoms with Gasteiger partial charge < -0.3 is 14.5 Å². The van der Waals surface area contributed by atoms with Crippen LogP contribution in [0.1, 0.15) is 42.9 Å². The molecule has 1 amide bonds. The van der Waals surface area contributed by atoms with Crippen LogP contribution in [-0.2, 0) is 9.53 Å². The zero-order valence-electron chi connectivity index (χ0n) is 17.4. The zero-order valence-corrected chi connectivity index (χ0v) is 17.4. The third-order valence-electron chi connectivity index (χ3n) is 7.13. The SMILES string of the molecule is N#Cc1ccc(N2CCC3(CC2)O[C@@H]2CC[C@@H](c4ccccc4F)N2C3=O)n2nccc12. The third-order valence-corrected chi connectivity index (χ3v) is 7.13. The minimum Gasteiger partial charge on any atom is -0.356 e. The largest absolute Gasteiger partial charge is 0.356 e. The maximum absolute atomic E-state index is 14.4. The van der Waals surface area contributed by atoms with E-state index >= 15 is 0 Å². The molecule has 3 aliphatic heterocycles. The van der Waals surface area contributed by atoms with E-state index in [1.165, 1.54) is 6.07 Å². The molecule has 6 rings (SSSR count). The zero-order chi connectivity index (χ0) is 21.9. The summed E-state index contributed by atoms with van der Waals surface area (Å²) < 4.78 is 22.6. The van der Waals surface area contributed by atoms with Gasteiger partial charge in [0.05, 0.1) is 23.3 Å². The molecule has 2 aromatic heterocycles. The molecule has 3 aromatic rings. The van der Waals surface area contributed by atoms with Gasteiger partial charge in [0.1, 0.15) is 23.9 Å². The highest BCUT2D eigenvalue weighted by molar-refractivity contribution is 5.88. The normalized spacial score (nSPS) is 24.3. The van der Waals surface area contributed by atoms with Gasteiger partial charge in [0.15, 0.2) is 5.60 Å². The summed E-state index contributed by atoms with van der Waals surface area (Å²) in [7, 11) is 0. The first-order chi connectivity index (χ1) is 15.6. The molecule has 3 saturated heterocycles. The molecule has 3 fully saturated rings. The van der Waals surface area contributed by atoms with Gasteiger partial charge in [-0.15, -0.1) is 0 Å². The number of carbonyl (C=O) groups excluding carboxylic acids is 1. The van der Waals surface area contributed by atoms with Crippen molar-refractivity contribution in [3.63, 3.8) is 0 Å².